The van der Waals surface area contributed by atoms with Crippen molar-refractivity contribution in [3.05, 3.63) is 23.9 Å². The number of halogens is 2. The normalized spacial score (nSPS) is 18.4. The summed E-state index contributed by atoms with van der Waals surface area (Å²) in [7, 11) is 0. The molecule has 0 spiro atoms. The van der Waals surface area contributed by atoms with Gasteiger partial charge in [-0.15, -0.1) is 24.8 Å². The molecule has 1 aromatic heterocycles. The van der Waals surface area contributed by atoms with E-state index in [9.17, 15) is 4.79 Å². The SMILES string of the molecule is Cl.Cl.NC1Cc2cccnc2NC1=O. The molecule has 0 radical (unpaired) electrons. The van der Waals surface area contributed by atoms with Crippen LogP contribution in [0.2, 0.25) is 0 Å². The van der Waals surface area contributed by atoms with Crippen molar-refractivity contribution in [1.29, 1.82) is 0 Å². The fourth-order valence-corrected chi connectivity index (χ4v) is 1.25. The van der Waals surface area contributed by atoms with Crippen molar-refractivity contribution in [3.63, 3.8) is 0 Å². The number of pyridine rings is 1. The van der Waals surface area contributed by atoms with Crippen molar-refractivity contribution in [2.75, 3.05) is 5.32 Å². The lowest BCUT2D eigenvalue weighted by Gasteiger charge is -2.19. The molecule has 14 heavy (non-hydrogen) atoms. The minimum atomic E-state index is -0.429. The minimum Gasteiger partial charge on any atom is -0.320 e. The van der Waals surface area contributed by atoms with E-state index in [-0.39, 0.29) is 30.7 Å². The molecule has 4 nitrogen and oxygen atoms in total. The number of aromatic nitrogens is 1. The van der Waals surface area contributed by atoms with E-state index in [1.54, 1.807) is 6.20 Å². The predicted octanol–water partition coefficient (Wildman–Crippen LogP) is 0.747. The number of amides is 1. The number of nitrogens with two attached hydrogens (primary N) is 1. The third-order valence-corrected chi connectivity index (χ3v) is 1.91. The van der Waals surface area contributed by atoms with Gasteiger partial charge in [0.25, 0.3) is 0 Å². The smallest absolute Gasteiger partial charge is 0.242 e. The highest BCUT2D eigenvalue weighted by molar-refractivity contribution is 5.96. The fraction of sp³-hybridized carbons (Fsp3) is 0.250. The Kier molecular flexibility index (Phi) is 4.83. The Morgan fingerprint density at radius 3 is 2.93 bits per heavy atom. The van der Waals surface area contributed by atoms with Crippen molar-refractivity contribution < 1.29 is 4.79 Å². The van der Waals surface area contributed by atoms with Gasteiger partial charge in [0, 0.05) is 12.6 Å². The van der Waals surface area contributed by atoms with Crippen LogP contribution in [0, 0.1) is 0 Å². The summed E-state index contributed by atoms with van der Waals surface area (Å²) in [6.07, 6.45) is 2.23. The van der Waals surface area contributed by atoms with Gasteiger partial charge in [0.1, 0.15) is 5.82 Å². The molecular weight excluding hydrogens is 225 g/mol. The van der Waals surface area contributed by atoms with Crippen LogP contribution in [0.15, 0.2) is 18.3 Å². The molecule has 1 unspecified atom stereocenters. The molecule has 0 fully saturated rings. The third-order valence-electron chi connectivity index (χ3n) is 1.91. The molecule has 0 saturated heterocycles. The Hall–Kier alpha value is -0.840. The number of hydrogen-bond donors (Lipinski definition) is 2. The zero-order valence-electron chi connectivity index (χ0n) is 7.27. The van der Waals surface area contributed by atoms with Crippen LogP contribution >= 0.6 is 24.8 Å². The van der Waals surface area contributed by atoms with Gasteiger partial charge in [-0.1, -0.05) is 6.07 Å². The van der Waals surface area contributed by atoms with Gasteiger partial charge in [-0.2, -0.15) is 0 Å². The first-order valence-corrected chi connectivity index (χ1v) is 3.78. The molecule has 0 bridgehead atoms. The third kappa shape index (κ3) is 2.35. The molecule has 2 heterocycles. The molecule has 6 heteroatoms. The first kappa shape index (κ1) is 13.2. The average Bonchev–Trinajstić information content (AvgIpc) is 2.07. The zero-order chi connectivity index (χ0) is 8.55. The van der Waals surface area contributed by atoms with Gasteiger partial charge in [-0.05, 0) is 11.6 Å². The Morgan fingerprint density at radius 2 is 2.21 bits per heavy atom. The Morgan fingerprint density at radius 1 is 1.50 bits per heavy atom. The number of anilines is 1. The number of rotatable bonds is 0. The number of carbonyl (C=O) groups excluding carboxylic acids is 1. The van der Waals surface area contributed by atoms with E-state index in [1.807, 2.05) is 12.1 Å². The molecule has 2 rings (SSSR count). The van der Waals surface area contributed by atoms with Gasteiger partial charge in [0.15, 0.2) is 0 Å². The van der Waals surface area contributed by atoms with Crippen molar-refractivity contribution >= 4 is 36.5 Å². The maximum absolute atomic E-state index is 11.1. The lowest BCUT2D eigenvalue weighted by molar-refractivity contribution is -0.117. The number of nitrogens with zero attached hydrogens (tertiary/aromatic N) is 1. The lowest BCUT2D eigenvalue weighted by Crippen LogP contribution is -2.41. The van der Waals surface area contributed by atoms with Crippen LogP contribution in [0.25, 0.3) is 0 Å². The van der Waals surface area contributed by atoms with Crippen molar-refractivity contribution in [1.82, 2.24) is 4.98 Å². The quantitative estimate of drug-likeness (QED) is 0.698. The van der Waals surface area contributed by atoms with E-state index in [4.69, 9.17) is 5.73 Å². The van der Waals surface area contributed by atoms with Gasteiger partial charge in [-0.25, -0.2) is 4.98 Å². The maximum atomic E-state index is 11.1. The average molecular weight is 236 g/mol. The van der Waals surface area contributed by atoms with E-state index in [2.05, 4.69) is 10.3 Å². The van der Waals surface area contributed by atoms with Gasteiger partial charge in [0.2, 0.25) is 5.91 Å². The molecular formula is C8H11Cl2N3O. The summed E-state index contributed by atoms with van der Waals surface area (Å²) in [5, 5.41) is 2.63. The Balaban J connectivity index is 0.000000845. The van der Waals surface area contributed by atoms with E-state index in [0.717, 1.165) is 5.56 Å². The van der Waals surface area contributed by atoms with E-state index in [0.29, 0.717) is 12.2 Å². The number of fused-ring (bicyclic) bond motifs is 1. The summed E-state index contributed by atoms with van der Waals surface area (Å²) < 4.78 is 0. The second-order valence-electron chi connectivity index (χ2n) is 2.81. The first-order valence-electron chi connectivity index (χ1n) is 3.78. The highest BCUT2D eigenvalue weighted by atomic mass is 35.5. The molecule has 0 aromatic carbocycles. The fourth-order valence-electron chi connectivity index (χ4n) is 1.25. The van der Waals surface area contributed by atoms with Crippen molar-refractivity contribution in [2.45, 2.75) is 12.5 Å². The summed E-state index contributed by atoms with van der Waals surface area (Å²) >= 11 is 0. The monoisotopic (exact) mass is 235 g/mol. The summed E-state index contributed by atoms with van der Waals surface area (Å²) in [5.74, 6) is 0.491. The van der Waals surface area contributed by atoms with Crippen LogP contribution < -0.4 is 11.1 Å². The van der Waals surface area contributed by atoms with Crippen molar-refractivity contribution in [2.24, 2.45) is 5.73 Å². The zero-order valence-corrected chi connectivity index (χ0v) is 8.90. The molecule has 3 N–H and O–H groups in total. The second kappa shape index (κ2) is 5.14. The minimum absolute atomic E-state index is 0. The molecule has 0 saturated carbocycles. The van der Waals surface area contributed by atoms with Crippen LogP contribution in [-0.2, 0) is 11.2 Å². The molecule has 1 aliphatic heterocycles. The number of nitrogens with one attached hydrogen (secondary N) is 1. The standard InChI is InChI=1S/C8H9N3O.2ClH/c9-6-4-5-2-1-3-10-7(5)11-8(6)12;;/h1-3,6H,4,9H2,(H,10,11,12);2*1H. The Labute approximate surface area is 94.1 Å². The van der Waals surface area contributed by atoms with E-state index in [1.165, 1.54) is 0 Å². The van der Waals surface area contributed by atoms with Gasteiger partial charge < -0.3 is 11.1 Å². The van der Waals surface area contributed by atoms with Crippen LogP contribution in [0.4, 0.5) is 5.82 Å². The van der Waals surface area contributed by atoms with Gasteiger partial charge in [0.05, 0.1) is 6.04 Å². The van der Waals surface area contributed by atoms with Crippen LogP contribution in [0.3, 0.4) is 0 Å². The Bertz CT molecular complexity index is 332. The predicted molar refractivity (Wildman–Crippen MR) is 59.0 cm³/mol. The number of carbonyl (C=O) groups is 1. The van der Waals surface area contributed by atoms with E-state index < -0.39 is 6.04 Å². The molecule has 1 aliphatic rings. The van der Waals surface area contributed by atoms with Crippen LogP contribution in [0.5, 0.6) is 0 Å². The van der Waals surface area contributed by atoms with Gasteiger partial charge in [-0.3, -0.25) is 4.79 Å². The molecule has 1 atom stereocenters. The van der Waals surface area contributed by atoms with Crippen LogP contribution in [-0.4, -0.2) is 16.9 Å². The van der Waals surface area contributed by atoms with E-state index >= 15 is 0 Å². The summed E-state index contributed by atoms with van der Waals surface area (Å²) in [5.41, 5.74) is 6.56. The summed E-state index contributed by atoms with van der Waals surface area (Å²) in [6.45, 7) is 0. The second-order valence-corrected chi connectivity index (χ2v) is 2.81. The first-order chi connectivity index (χ1) is 5.77. The highest BCUT2D eigenvalue weighted by Crippen LogP contribution is 2.17. The highest BCUT2D eigenvalue weighted by Gasteiger charge is 2.22. The molecule has 1 amide bonds. The maximum Gasteiger partial charge on any atom is 0.242 e. The topological polar surface area (TPSA) is 68.0 Å². The lowest BCUT2D eigenvalue weighted by atomic mass is 10.0. The van der Waals surface area contributed by atoms with Gasteiger partial charge >= 0.3 is 0 Å². The van der Waals surface area contributed by atoms with Crippen molar-refractivity contribution in [3.8, 4) is 0 Å². The molecule has 0 aliphatic carbocycles. The molecule has 1 aromatic rings. The summed E-state index contributed by atoms with van der Waals surface area (Å²) in [6, 6.07) is 3.33. The number of hydrogen-bond acceptors (Lipinski definition) is 3. The molecule has 78 valence electrons. The summed E-state index contributed by atoms with van der Waals surface area (Å²) in [4.78, 5) is 15.1. The largest absolute Gasteiger partial charge is 0.320 e. The van der Waals surface area contributed by atoms with Crippen LogP contribution in [0.1, 0.15) is 5.56 Å².